The first-order valence-electron chi connectivity index (χ1n) is 3.35. The van der Waals surface area contributed by atoms with Crippen molar-refractivity contribution >= 4 is 22.9 Å². The van der Waals surface area contributed by atoms with Crippen LogP contribution in [0, 0.1) is 0 Å². The van der Waals surface area contributed by atoms with Gasteiger partial charge in [0.2, 0.25) is 4.47 Å². The molecule has 0 radical (unpaired) electrons. The number of aromatic nitrogens is 2. The number of hydrogen-bond donors (Lipinski definition) is 0. The van der Waals surface area contributed by atoms with Crippen LogP contribution in [0.2, 0.25) is 4.47 Å². The van der Waals surface area contributed by atoms with Gasteiger partial charge in [-0.2, -0.15) is 0 Å². The molecule has 4 heteroatoms. The Morgan fingerprint density at radius 3 is 2.60 bits per heavy atom. The molecule has 0 saturated heterocycles. The van der Waals surface area contributed by atoms with Crippen molar-refractivity contribution in [2.45, 2.75) is 25.2 Å². The number of halogens is 1. The van der Waals surface area contributed by atoms with Gasteiger partial charge >= 0.3 is 0 Å². The minimum absolute atomic E-state index is 0.571. The van der Waals surface area contributed by atoms with Crippen molar-refractivity contribution in [3.63, 3.8) is 0 Å². The summed E-state index contributed by atoms with van der Waals surface area (Å²) in [6, 6.07) is 0. The average molecular weight is 175 g/mol. The van der Waals surface area contributed by atoms with Crippen LogP contribution in [0.25, 0.3) is 0 Å². The standard InChI is InChI=1S/C6H7ClN2S/c7-6-9-8-5(10-6)4-2-1-3-4/h4H,1-3H2. The van der Waals surface area contributed by atoms with E-state index in [9.17, 15) is 0 Å². The second-order valence-electron chi connectivity index (χ2n) is 2.52. The molecular weight excluding hydrogens is 168 g/mol. The largest absolute Gasteiger partial charge is 0.207 e. The lowest BCUT2D eigenvalue weighted by atomic mass is 9.86. The van der Waals surface area contributed by atoms with Crippen LogP contribution in [-0.4, -0.2) is 10.2 Å². The zero-order valence-electron chi connectivity index (χ0n) is 5.38. The van der Waals surface area contributed by atoms with Gasteiger partial charge in [0.25, 0.3) is 0 Å². The molecule has 0 atom stereocenters. The normalized spacial score (nSPS) is 18.9. The van der Waals surface area contributed by atoms with E-state index in [1.165, 1.54) is 30.6 Å². The maximum atomic E-state index is 5.63. The monoisotopic (exact) mass is 174 g/mol. The summed E-state index contributed by atoms with van der Waals surface area (Å²) < 4.78 is 0.571. The van der Waals surface area contributed by atoms with E-state index in [-0.39, 0.29) is 0 Å². The van der Waals surface area contributed by atoms with Crippen molar-refractivity contribution < 1.29 is 0 Å². The van der Waals surface area contributed by atoms with Gasteiger partial charge in [0, 0.05) is 5.92 Å². The predicted molar refractivity (Wildman–Crippen MR) is 41.5 cm³/mol. The second kappa shape index (κ2) is 2.47. The van der Waals surface area contributed by atoms with Crippen molar-refractivity contribution in [1.82, 2.24) is 10.2 Å². The maximum absolute atomic E-state index is 5.63. The molecule has 0 spiro atoms. The Kier molecular flexibility index (Phi) is 1.62. The molecule has 10 heavy (non-hydrogen) atoms. The maximum Gasteiger partial charge on any atom is 0.207 e. The Labute approximate surface area is 68.2 Å². The van der Waals surface area contributed by atoms with Crippen LogP contribution in [0.5, 0.6) is 0 Å². The zero-order chi connectivity index (χ0) is 6.97. The van der Waals surface area contributed by atoms with Crippen molar-refractivity contribution in [2.75, 3.05) is 0 Å². The smallest absolute Gasteiger partial charge is 0.142 e. The second-order valence-corrected chi connectivity index (χ2v) is 4.11. The summed E-state index contributed by atoms with van der Waals surface area (Å²) in [5, 5.41) is 8.85. The summed E-state index contributed by atoms with van der Waals surface area (Å²) >= 11 is 7.15. The predicted octanol–water partition coefficient (Wildman–Crippen LogP) is 2.46. The topological polar surface area (TPSA) is 25.8 Å². The molecule has 54 valence electrons. The fourth-order valence-electron chi connectivity index (χ4n) is 1.04. The van der Waals surface area contributed by atoms with E-state index in [0.717, 1.165) is 5.01 Å². The minimum Gasteiger partial charge on any atom is -0.142 e. The van der Waals surface area contributed by atoms with Crippen molar-refractivity contribution in [3.8, 4) is 0 Å². The summed E-state index contributed by atoms with van der Waals surface area (Å²) in [5.41, 5.74) is 0. The van der Waals surface area contributed by atoms with Crippen LogP contribution in [0.15, 0.2) is 0 Å². The highest BCUT2D eigenvalue weighted by Crippen LogP contribution is 2.38. The van der Waals surface area contributed by atoms with E-state index in [1.807, 2.05) is 0 Å². The zero-order valence-corrected chi connectivity index (χ0v) is 6.95. The van der Waals surface area contributed by atoms with Gasteiger partial charge in [-0.25, -0.2) is 0 Å². The Bertz CT molecular complexity index is 231. The van der Waals surface area contributed by atoms with Crippen LogP contribution in [0.3, 0.4) is 0 Å². The molecule has 2 nitrogen and oxygen atoms in total. The van der Waals surface area contributed by atoms with Crippen molar-refractivity contribution in [3.05, 3.63) is 9.47 Å². The minimum atomic E-state index is 0.571. The number of hydrogen-bond acceptors (Lipinski definition) is 3. The first-order valence-corrected chi connectivity index (χ1v) is 4.54. The molecule has 1 aliphatic rings. The van der Waals surface area contributed by atoms with Crippen LogP contribution in [0.1, 0.15) is 30.2 Å². The van der Waals surface area contributed by atoms with E-state index >= 15 is 0 Å². The van der Waals surface area contributed by atoms with Crippen LogP contribution in [0.4, 0.5) is 0 Å². The summed E-state index contributed by atoms with van der Waals surface area (Å²) in [7, 11) is 0. The average Bonchev–Trinajstić information content (AvgIpc) is 2.10. The van der Waals surface area contributed by atoms with Gasteiger partial charge in [-0.15, -0.1) is 10.2 Å². The van der Waals surface area contributed by atoms with Gasteiger partial charge in [-0.3, -0.25) is 0 Å². The first kappa shape index (κ1) is 6.55. The number of nitrogens with zero attached hydrogens (tertiary/aromatic N) is 2. The highest BCUT2D eigenvalue weighted by Gasteiger charge is 2.22. The lowest BCUT2D eigenvalue weighted by Crippen LogP contribution is -2.07. The molecule has 2 rings (SSSR count). The fraction of sp³-hybridized carbons (Fsp3) is 0.667. The first-order chi connectivity index (χ1) is 4.86. The van der Waals surface area contributed by atoms with Crippen molar-refractivity contribution in [1.29, 1.82) is 0 Å². The highest BCUT2D eigenvalue weighted by molar-refractivity contribution is 7.15. The molecule has 1 fully saturated rings. The van der Waals surface area contributed by atoms with Gasteiger partial charge in [-0.05, 0) is 24.4 Å². The third-order valence-electron chi connectivity index (χ3n) is 1.87. The molecule has 0 N–H and O–H groups in total. The van der Waals surface area contributed by atoms with Gasteiger partial charge in [0.05, 0.1) is 0 Å². The third kappa shape index (κ3) is 1.04. The lowest BCUT2D eigenvalue weighted by molar-refractivity contribution is 0.416. The molecule has 1 heterocycles. The summed E-state index contributed by atoms with van der Waals surface area (Å²) in [6.07, 6.45) is 3.87. The Hall–Kier alpha value is -0.150. The van der Waals surface area contributed by atoms with Crippen LogP contribution >= 0.6 is 22.9 Å². The molecular formula is C6H7ClN2S. The van der Waals surface area contributed by atoms with E-state index in [0.29, 0.717) is 10.4 Å². The van der Waals surface area contributed by atoms with E-state index in [4.69, 9.17) is 11.6 Å². The van der Waals surface area contributed by atoms with Crippen LogP contribution in [-0.2, 0) is 0 Å². The molecule has 0 bridgehead atoms. The lowest BCUT2D eigenvalue weighted by Gasteiger charge is -2.21. The van der Waals surface area contributed by atoms with Crippen molar-refractivity contribution in [2.24, 2.45) is 0 Å². The molecule has 1 aromatic heterocycles. The molecule has 1 saturated carbocycles. The quantitative estimate of drug-likeness (QED) is 0.654. The molecule has 0 aromatic carbocycles. The molecule has 1 aromatic rings. The Balaban J connectivity index is 2.17. The van der Waals surface area contributed by atoms with E-state index in [1.54, 1.807) is 0 Å². The Morgan fingerprint density at radius 2 is 2.20 bits per heavy atom. The van der Waals surface area contributed by atoms with Crippen LogP contribution < -0.4 is 0 Å². The van der Waals surface area contributed by atoms with Gasteiger partial charge in [0.1, 0.15) is 5.01 Å². The van der Waals surface area contributed by atoms with E-state index in [2.05, 4.69) is 10.2 Å². The Morgan fingerprint density at radius 1 is 1.40 bits per heavy atom. The SMILES string of the molecule is Clc1nnc(C2CCC2)s1. The van der Waals surface area contributed by atoms with Gasteiger partial charge < -0.3 is 0 Å². The fourth-order valence-corrected chi connectivity index (χ4v) is 2.05. The third-order valence-corrected chi connectivity index (χ3v) is 3.05. The van der Waals surface area contributed by atoms with E-state index < -0.39 is 0 Å². The van der Waals surface area contributed by atoms with Gasteiger partial charge in [-0.1, -0.05) is 17.8 Å². The van der Waals surface area contributed by atoms with Gasteiger partial charge in [0.15, 0.2) is 0 Å². The molecule has 0 amide bonds. The summed E-state index contributed by atoms with van der Waals surface area (Å²) in [4.78, 5) is 0. The number of rotatable bonds is 1. The molecule has 0 aliphatic heterocycles. The highest BCUT2D eigenvalue weighted by atomic mass is 35.5. The molecule has 0 unspecified atom stereocenters. The molecule has 1 aliphatic carbocycles. The summed E-state index contributed by atoms with van der Waals surface area (Å²) in [6.45, 7) is 0. The summed E-state index contributed by atoms with van der Waals surface area (Å²) in [5.74, 6) is 0.671.